The van der Waals surface area contributed by atoms with E-state index in [0.717, 1.165) is 23.3 Å². The lowest BCUT2D eigenvalue weighted by Gasteiger charge is -2.25. The summed E-state index contributed by atoms with van der Waals surface area (Å²) in [5.74, 6) is 1.25. The molecule has 20 heavy (non-hydrogen) atoms. The second-order valence-corrected chi connectivity index (χ2v) is 5.11. The van der Waals surface area contributed by atoms with Crippen molar-refractivity contribution in [2.75, 3.05) is 13.2 Å². The summed E-state index contributed by atoms with van der Waals surface area (Å²) in [7, 11) is 0. The van der Waals surface area contributed by atoms with Crippen LogP contribution in [0.1, 0.15) is 23.5 Å². The molecule has 2 nitrogen and oxygen atoms in total. The van der Waals surface area contributed by atoms with Gasteiger partial charge >= 0.3 is 0 Å². The maximum atomic E-state index is 13.1. The number of rotatable bonds is 3. The summed E-state index contributed by atoms with van der Waals surface area (Å²) in [5.41, 5.74) is 9.60. The molecule has 0 aromatic heterocycles. The lowest BCUT2D eigenvalue weighted by molar-refractivity contribution is 0.269. The van der Waals surface area contributed by atoms with Gasteiger partial charge in [0.25, 0.3) is 0 Å². The Labute approximate surface area is 118 Å². The average Bonchev–Trinajstić information content (AvgIpc) is 2.53. The molecule has 0 radical (unpaired) electrons. The van der Waals surface area contributed by atoms with Gasteiger partial charge in [-0.1, -0.05) is 36.4 Å². The molecule has 2 N–H and O–H groups in total. The Hall–Kier alpha value is -1.87. The molecule has 1 atom stereocenters. The van der Waals surface area contributed by atoms with Crippen LogP contribution < -0.4 is 10.5 Å². The van der Waals surface area contributed by atoms with Crippen LogP contribution in [0.15, 0.2) is 42.5 Å². The average molecular weight is 271 g/mol. The monoisotopic (exact) mass is 271 g/mol. The van der Waals surface area contributed by atoms with E-state index in [0.29, 0.717) is 24.6 Å². The molecule has 1 heterocycles. The van der Waals surface area contributed by atoms with Crippen molar-refractivity contribution in [3.05, 3.63) is 53.6 Å². The second kappa shape index (κ2) is 5.63. The van der Waals surface area contributed by atoms with Crippen LogP contribution in [0, 0.1) is 0 Å². The zero-order valence-corrected chi connectivity index (χ0v) is 11.3. The standard InChI is InChI=1S/C17H18FNO/c18-10-13-3-1-2-4-15(13)12-5-6-16-14(11-19)7-8-20-17(16)9-12/h1-6,9,14H,7-8,10-11,19H2/t14-/m0/s1. The number of fused-ring (bicyclic) bond motifs is 1. The van der Waals surface area contributed by atoms with Crippen molar-refractivity contribution >= 4 is 0 Å². The molecule has 0 bridgehead atoms. The third-order valence-electron chi connectivity index (χ3n) is 3.93. The van der Waals surface area contributed by atoms with E-state index in [1.807, 2.05) is 36.4 Å². The Morgan fingerprint density at radius 2 is 2.05 bits per heavy atom. The molecule has 0 fully saturated rings. The van der Waals surface area contributed by atoms with Gasteiger partial charge in [0.1, 0.15) is 12.4 Å². The van der Waals surface area contributed by atoms with E-state index in [1.165, 1.54) is 5.56 Å². The maximum Gasteiger partial charge on any atom is 0.123 e. The van der Waals surface area contributed by atoms with Gasteiger partial charge in [0.15, 0.2) is 0 Å². The maximum absolute atomic E-state index is 13.1. The molecule has 1 aliphatic rings. The van der Waals surface area contributed by atoms with Crippen molar-refractivity contribution < 1.29 is 9.13 Å². The Bertz CT molecular complexity index is 612. The summed E-state index contributed by atoms with van der Waals surface area (Å²) >= 11 is 0. The van der Waals surface area contributed by atoms with Crippen molar-refractivity contribution in [3.63, 3.8) is 0 Å². The van der Waals surface area contributed by atoms with Crippen LogP contribution in [-0.2, 0) is 6.67 Å². The summed E-state index contributed by atoms with van der Waals surface area (Å²) in [5, 5.41) is 0. The van der Waals surface area contributed by atoms with Gasteiger partial charge in [-0.3, -0.25) is 0 Å². The van der Waals surface area contributed by atoms with Crippen molar-refractivity contribution in [1.82, 2.24) is 0 Å². The molecule has 3 rings (SSSR count). The van der Waals surface area contributed by atoms with Crippen LogP contribution in [0.5, 0.6) is 5.75 Å². The molecule has 2 aromatic rings. The highest BCUT2D eigenvalue weighted by molar-refractivity contribution is 5.69. The van der Waals surface area contributed by atoms with E-state index in [1.54, 1.807) is 0 Å². The lowest BCUT2D eigenvalue weighted by atomic mass is 9.90. The number of benzene rings is 2. The van der Waals surface area contributed by atoms with Gasteiger partial charge in [-0.2, -0.15) is 0 Å². The van der Waals surface area contributed by atoms with Gasteiger partial charge in [-0.05, 0) is 41.3 Å². The van der Waals surface area contributed by atoms with Gasteiger partial charge in [-0.15, -0.1) is 0 Å². The molecule has 2 aromatic carbocycles. The van der Waals surface area contributed by atoms with Gasteiger partial charge in [0.05, 0.1) is 6.61 Å². The van der Waals surface area contributed by atoms with Crippen molar-refractivity contribution in [2.24, 2.45) is 5.73 Å². The predicted molar refractivity (Wildman–Crippen MR) is 78.6 cm³/mol. The number of alkyl halides is 1. The summed E-state index contributed by atoms with van der Waals surface area (Å²) in [4.78, 5) is 0. The highest BCUT2D eigenvalue weighted by Gasteiger charge is 2.20. The highest BCUT2D eigenvalue weighted by atomic mass is 19.1. The third-order valence-corrected chi connectivity index (χ3v) is 3.93. The molecular weight excluding hydrogens is 253 g/mol. The Kier molecular flexibility index (Phi) is 3.70. The van der Waals surface area contributed by atoms with E-state index < -0.39 is 6.67 Å². The lowest BCUT2D eigenvalue weighted by Crippen LogP contribution is -2.20. The number of ether oxygens (including phenoxy) is 1. The number of halogens is 1. The van der Waals surface area contributed by atoms with Gasteiger partial charge in [0, 0.05) is 5.92 Å². The zero-order chi connectivity index (χ0) is 13.9. The summed E-state index contributed by atoms with van der Waals surface area (Å²) in [6.45, 7) is 0.874. The van der Waals surface area contributed by atoms with Gasteiger partial charge in [-0.25, -0.2) is 4.39 Å². The van der Waals surface area contributed by atoms with E-state index in [9.17, 15) is 4.39 Å². The fourth-order valence-electron chi connectivity index (χ4n) is 2.79. The molecule has 0 unspecified atom stereocenters. The molecule has 0 aliphatic carbocycles. The first-order valence-electron chi connectivity index (χ1n) is 6.94. The molecule has 0 saturated carbocycles. The molecule has 1 aliphatic heterocycles. The number of hydrogen-bond acceptors (Lipinski definition) is 2. The topological polar surface area (TPSA) is 35.2 Å². The second-order valence-electron chi connectivity index (χ2n) is 5.11. The summed E-state index contributed by atoms with van der Waals surface area (Å²) < 4.78 is 18.8. The van der Waals surface area contributed by atoms with Crippen molar-refractivity contribution in [1.29, 1.82) is 0 Å². The first-order valence-corrected chi connectivity index (χ1v) is 6.94. The Morgan fingerprint density at radius 3 is 2.85 bits per heavy atom. The molecule has 3 heteroatoms. The normalized spacial score (nSPS) is 17.4. The smallest absolute Gasteiger partial charge is 0.123 e. The van der Waals surface area contributed by atoms with Crippen LogP contribution in [0.3, 0.4) is 0 Å². The Balaban J connectivity index is 2.04. The number of nitrogens with two attached hydrogens (primary N) is 1. The minimum absolute atomic E-state index is 0.365. The molecular formula is C17H18FNO. The van der Waals surface area contributed by atoms with E-state index in [2.05, 4.69) is 6.07 Å². The van der Waals surface area contributed by atoms with E-state index in [-0.39, 0.29) is 0 Å². The van der Waals surface area contributed by atoms with Crippen LogP contribution in [0.4, 0.5) is 4.39 Å². The zero-order valence-electron chi connectivity index (χ0n) is 11.3. The van der Waals surface area contributed by atoms with Gasteiger partial charge in [0.2, 0.25) is 0 Å². The van der Waals surface area contributed by atoms with E-state index in [4.69, 9.17) is 10.5 Å². The van der Waals surface area contributed by atoms with Crippen molar-refractivity contribution in [3.8, 4) is 16.9 Å². The van der Waals surface area contributed by atoms with Crippen LogP contribution >= 0.6 is 0 Å². The Morgan fingerprint density at radius 1 is 1.20 bits per heavy atom. The first kappa shape index (κ1) is 13.1. The SMILES string of the molecule is NC[C@@H]1CCOc2cc(-c3ccccc3CF)ccc21. The van der Waals surface area contributed by atoms with Crippen LogP contribution in [0.25, 0.3) is 11.1 Å². The quantitative estimate of drug-likeness (QED) is 0.924. The third kappa shape index (κ3) is 2.29. The molecule has 104 valence electrons. The number of hydrogen-bond donors (Lipinski definition) is 1. The minimum atomic E-state index is -0.459. The first-order chi connectivity index (χ1) is 9.83. The van der Waals surface area contributed by atoms with Crippen LogP contribution in [0.2, 0.25) is 0 Å². The fraction of sp³-hybridized carbons (Fsp3) is 0.294. The largest absolute Gasteiger partial charge is 0.493 e. The predicted octanol–water partition coefficient (Wildman–Crippen LogP) is 3.65. The van der Waals surface area contributed by atoms with Crippen molar-refractivity contribution in [2.45, 2.75) is 19.0 Å². The molecule has 0 spiro atoms. The summed E-state index contributed by atoms with van der Waals surface area (Å²) in [6.07, 6.45) is 0.962. The minimum Gasteiger partial charge on any atom is -0.493 e. The fourth-order valence-corrected chi connectivity index (χ4v) is 2.79. The summed E-state index contributed by atoms with van der Waals surface area (Å²) in [6, 6.07) is 13.7. The van der Waals surface area contributed by atoms with Crippen LogP contribution in [-0.4, -0.2) is 13.2 Å². The van der Waals surface area contributed by atoms with Gasteiger partial charge < -0.3 is 10.5 Å². The molecule has 0 amide bonds. The van der Waals surface area contributed by atoms with E-state index >= 15 is 0 Å². The highest BCUT2D eigenvalue weighted by Crippen LogP contribution is 2.37. The molecule has 0 saturated heterocycles.